The fourth-order valence-electron chi connectivity index (χ4n) is 2.00. The van der Waals surface area contributed by atoms with Crippen LogP contribution in [0.15, 0.2) is 36.4 Å². The van der Waals surface area contributed by atoms with E-state index in [4.69, 9.17) is 19.9 Å². The van der Waals surface area contributed by atoms with E-state index in [0.29, 0.717) is 22.9 Å². The van der Waals surface area contributed by atoms with Gasteiger partial charge in [-0.2, -0.15) is 0 Å². The van der Waals surface area contributed by atoms with Crippen molar-refractivity contribution in [3.05, 3.63) is 36.4 Å². The van der Waals surface area contributed by atoms with Crippen LogP contribution in [-0.2, 0) is 0 Å². The van der Waals surface area contributed by atoms with Gasteiger partial charge >= 0.3 is 0 Å². The van der Waals surface area contributed by atoms with Gasteiger partial charge in [0.05, 0.1) is 21.3 Å². The number of hydrogen-bond acceptors (Lipinski definition) is 4. The van der Waals surface area contributed by atoms with Gasteiger partial charge in [0, 0.05) is 11.3 Å². The Bertz CT molecular complexity index is 556. The van der Waals surface area contributed by atoms with Crippen molar-refractivity contribution in [2.24, 2.45) is 0 Å². The first-order valence-corrected chi connectivity index (χ1v) is 5.86. The zero-order valence-electron chi connectivity index (χ0n) is 11.3. The van der Waals surface area contributed by atoms with Gasteiger partial charge in [-0.3, -0.25) is 0 Å². The monoisotopic (exact) mass is 259 g/mol. The minimum absolute atomic E-state index is 0.572. The molecule has 0 atom stereocenters. The normalized spacial score (nSPS) is 10.1. The second kappa shape index (κ2) is 5.52. The molecule has 0 radical (unpaired) electrons. The number of anilines is 1. The first-order chi connectivity index (χ1) is 9.21. The number of nitrogen functional groups attached to an aromatic ring is 1. The molecular formula is C15H17NO3. The molecule has 0 aromatic heterocycles. The molecule has 100 valence electrons. The van der Waals surface area contributed by atoms with Gasteiger partial charge in [-0.25, -0.2) is 0 Å². The van der Waals surface area contributed by atoms with Crippen molar-refractivity contribution < 1.29 is 14.2 Å². The number of benzene rings is 2. The Morgan fingerprint density at radius 1 is 0.842 bits per heavy atom. The summed E-state index contributed by atoms with van der Waals surface area (Å²) in [5.74, 6) is 1.79. The number of hydrogen-bond donors (Lipinski definition) is 1. The molecule has 0 aliphatic heterocycles. The van der Waals surface area contributed by atoms with Gasteiger partial charge in [0.15, 0.2) is 11.5 Å². The Balaban J connectivity index is 2.63. The van der Waals surface area contributed by atoms with Crippen LogP contribution in [0.2, 0.25) is 0 Å². The van der Waals surface area contributed by atoms with Crippen LogP contribution >= 0.6 is 0 Å². The number of rotatable bonds is 4. The highest BCUT2D eigenvalue weighted by Crippen LogP contribution is 2.42. The summed E-state index contributed by atoms with van der Waals surface area (Å²) in [4.78, 5) is 0. The quantitative estimate of drug-likeness (QED) is 0.858. The SMILES string of the molecule is COc1cc(-c2ccccc2N)cc(OC)c1OC. The summed E-state index contributed by atoms with van der Waals surface area (Å²) in [5, 5.41) is 0. The molecule has 0 fully saturated rings. The Kier molecular flexibility index (Phi) is 3.80. The van der Waals surface area contributed by atoms with Crippen LogP contribution in [-0.4, -0.2) is 21.3 Å². The first kappa shape index (κ1) is 13.1. The number of para-hydroxylation sites is 1. The highest BCUT2D eigenvalue weighted by Gasteiger charge is 2.14. The van der Waals surface area contributed by atoms with Crippen molar-refractivity contribution in [1.82, 2.24) is 0 Å². The molecule has 0 bridgehead atoms. The fourth-order valence-corrected chi connectivity index (χ4v) is 2.00. The van der Waals surface area contributed by atoms with Gasteiger partial charge in [-0.05, 0) is 23.8 Å². The summed E-state index contributed by atoms with van der Waals surface area (Å²) < 4.78 is 16.0. The van der Waals surface area contributed by atoms with Crippen molar-refractivity contribution in [3.63, 3.8) is 0 Å². The Morgan fingerprint density at radius 3 is 1.89 bits per heavy atom. The molecule has 2 rings (SSSR count). The number of nitrogens with two attached hydrogens (primary N) is 1. The topological polar surface area (TPSA) is 53.7 Å². The van der Waals surface area contributed by atoms with Crippen LogP contribution in [0.4, 0.5) is 5.69 Å². The Labute approximate surface area is 112 Å². The molecule has 19 heavy (non-hydrogen) atoms. The predicted molar refractivity (Wildman–Crippen MR) is 75.9 cm³/mol. The summed E-state index contributed by atoms with van der Waals surface area (Å²) in [7, 11) is 4.77. The fraction of sp³-hybridized carbons (Fsp3) is 0.200. The van der Waals surface area contributed by atoms with E-state index in [-0.39, 0.29) is 0 Å². The van der Waals surface area contributed by atoms with E-state index in [9.17, 15) is 0 Å². The molecule has 2 N–H and O–H groups in total. The maximum absolute atomic E-state index is 5.99. The molecule has 0 saturated carbocycles. The predicted octanol–water partition coefficient (Wildman–Crippen LogP) is 2.96. The van der Waals surface area contributed by atoms with Gasteiger partial charge in [0.25, 0.3) is 0 Å². The van der Waals surface area contributed by atoms with Crippen LogP contribution in [0.3, 0.4) is 0 Å². The lowest BCUT2D eigenvalue weighted by Crippen LogP contribution is -1.96. The molecule has 0 aliphatic carbocycles. The molecule has 2 aromatic carbocycles. The van der Waals surface area contributed by atoms with E-state index in [1.54, 1.807) is 21.3 Å². The lowest BCUT2D eigenvalue weighted by atomic mass is 10.0. The molecule has 4 nitrogen and oxygen atoms in total. The lowest BCUT2D eigenvalue weighted by Gasteiger charge is -2.15. The third-order valence-corrected chi connectivity index (χ3v) is 2.94. The van der Waals surface area contributed by atoms with Crippen molar-refractivity contribution in [1.29, 1.82) is 0 Å². The van der Waals surface area contributed by atoms with Crippen molar-refractivity contribution in [3.8, 4) is 28.4 Å². The van der Waals surface area contributed by atoms with Crippen LogP contribution in [0, 0.1) is 0 Å². The third kappa shape index (κ3) is 2.42. The molecule has 4 heteroatoms. The number of ether oxygens (including phenoxy) is 3. The highest BCUT2D eigenvalue weighted by atomic mass is 16.5. The summed E-state index contributed by atoms with van der Waals surface area (Å²) in [6.07, 6.45) is 0. The van der Waals surface area contributed by atoms with Crippen molar-refractivity contribution >= 4 is 5.69 Å². The second-order valence-electron chi connectivity index (χ2n) is 4.00. The molecule has 0 heterocycles. The van der Waals surface area contributed by atoms with E-state index in [1.165, 1.54) is 0 Å². The van der Waals surface area contributed by atoms with Crippen molar-refractivity contribution in [2.75, 3.05) is 27.1 Å². The molecule has 0 saturated heterocycles. The van der Waals surface area contributed by atoms with Crippen molar-refractivity contribution in [2.45, 2.75) is 0 Å². The van der Waals surface area contributed by atoms with E-state index < -0.39 is 0 Å². The summed E-state index contributed by atoms with van der Waals surface area (Å²) in [5.41, 5.74) is 8.55. The Hall–Kier alpha value is -2.36. The first-order valence-electron chi connectivity index (χ1n) is 5.86. The highest BCUT2D eigenvalue weighted by molar-refractivity contribution is 5.79. The maximum Gasteiger partial charge on any atom is 0.203 e. The third-order valence-electron chi connectivity index (χ3n) is 2.94. The summed E-state index contributed by atoms with van der Waals surface area (Å²) in [6.45, 7) is 0. The van der Waals surface area contributed by atoms with Crippen LogP contribution in [0.25, 0.3) is 11.1 Å². The standard InChI is InChI=1S/C15H17NO3/c1-17-13-8-10(9-14(18-2)15(13)19-3)11-6-4-5-7-12(11)16/h4-9H,16H2,1-3H3. The van der Waals surface area contributed by atoms with E-state index in [0.717, 1.165) is 11.1 Å². The minimum atomic E-state index is 0.572. The van der Waals surface area contributed by atoms with Crippen LogP contribution in [0.5, 0.6) is 17.2 Å². The molecular weight excluding hydrogens is 242 g/mol. The minimum Gasteiger partial charge on any atom is -0.493 e. The molecule has 2 aromatic rings. The smallest absolute Gasteiger partial charge is 0.203 e. The Morgan fingerprint density at radius 2 is 1.42 bits per heavy atom. The van der Waals surface area contributed by atoms with Gasteiger partial charge < -0.3 is 19.9 Å². The average Bonchev–Trinajstić information content (AvgIpc) is 2.46. The van der Waals surface area contributed by atoms with Crippen LogP contribution < -0.4 is 19.9 Å². The van der Waals surface area contributed by atoms with Gasteiger partial charge in [0.2, 0.25) is 5.75 Å². The largest absolute Gasteiger partial charge is 0.493 e. The molecule has 0 spiro atoms. The molecule has 0 aliphatic rings. The summed E-state index contributed by atoms with van der Waals surface area (Å²) >= 11 is 0. The zero-order chi connectivity index (χ0) is 13.8. The summed E-state index contributed by atoms with van der Waals surface area (Å²) in [6, 6.07) is 11.4. The second-order valence-corrected chi connectivity index (χ2v) is 4.00. The van der Waals surface area contributed by atoms with Crippen LogP contribution in [0.1, 0.15) is 0 Å². The van der Waals surface area contributed by atoms with E-state index in [1.807, 2.05) is 36.4 Å². The van der Waals surface area contributed by atoms with Gasteiger partial charge in [-0.15, -0.1) is 0 Å². The van der Waals surface area contributed by atoms with Gasteiger partial charge in [-0.1, -0.05) is 18.2 Å². The molecule has 0 amide bonds. The maximum atomic E-state index is 5.99. The van der Waals surface area contributed by atoms with Gasteiger partial charge in [0.1, 0.15) is 0 Å². The van der Waals surface area contributed by atoms with E-state index in [2.05, 4.69) is 0 Å². The zero-order valence-corrected chi connectivity index (χ0v) is 11.3. The lowest BCUT2D eigenvalue weighted by molar-refractivity contribution is 0.324. The molecule has 0 unspecified atom stereocenters. The average molecular weight is 259 g/mol. The number of methoxy groups -OCH3 is 3. The van der Waals surface area contributed by atoms with E-state index >= 15 is 0 Å².